The molecule has 0 aliphatic rings. The van der Waals surface area contributed by atoms with Gasteiger partial charge in [0, 0.05) is 24.2 Å². The van der Waals surface area contributed by atoms with Crippen LogP contribution in [0.5, 0.6) is 0 Å². The van der Waals surface area contributed by atoms with Gasteiger partial charge in [0.05, 0.1) is 16.6 Å². The van der Waals surface area contributed by atoms with E-state index in [9.17, 15) is 9.59 Å². The molecule has 0 aliphatic carbocycles. The van der Waals surface area contributed by atoms with Gasteiger partial charge in [0.25, 0.3) is 0 Å². The fraction of sp³-hybridized carbons (Fsp3) is 0.125. The molecule has 1 amide bonds. The number of carbonyl (C=O) groups excluding carboxylic acids is 1. The molecule has 0 fully saturated rings. The number of carboxylic acids is 1. The maximum Gasteiger partial charge on any atom is 0.335 e. The average molecular weight is 399 g/mol. The summed E-state index contributed by atoms with van der Waals surface area (Å²) in [6.07, 6.45) is 0.286. The molecule has 0 saturated heterocycles. The Hall–Kier alpha value is -3.93. The van der Waals surface area contributed by atoms with E-state index in [1.54, 1.807) is 24.3 Å². The van der Waals surface area contributed by atoms with Gasteiger partial charge in [-0.3, -0.25) is 4.79 Å². The molecule has 30 heavy (non-hydrogen) atoms. The van der Waals surface area contributed by atoms with E-state index < -0.39 is 5.97 Å². The van der Waals surface area contributed by atoms with Crippen molar-refractivity contribution >= 4 is 28.6 Å². The Morgan fingerprint density at radius 3 is 2.43 bits per heavy atom. The third kappa shape index (κ3) is 4.07. The van der Waals surface area contributed by atoms with Gasteiger partial charge in [0.2, 0.25) is 5.91 Å². The van der Waals surface area contributed by atoms with Gasteiger partial charge < -0.3 is 15.0 Å². The van der Waals surface area contributed by atoms with E-state index >= 15 is 0 Å². The van der Waals surface area contributed by atoms with Crippen molar-refractivity contribution in [1.29, 1.82) is 0 Å². The van der Waals surface area contributed by atoms with E-state index in [0.717, 1.165) is 27.8 Å². The molecule has 4 rings (SSSR count). The molecule has 0 atom stereocenters. The summed E-state index contributed by atoms with van der Waals surface area (Å²) in [7, 11) is 0. The molecule has 1 heterocycles. The first-order valence-corrected chi connectivity index (χ1v) is 9.67. The van der Waals surface area contributed by atoms with Crippen LogP contribution in [0.15, 0.2) is 72.8 Å². The van der Waals surface area contributed by atoms with Crippen LogP contribution in [0.1, 0.15) is 22.3 Å². The van der Waals surface area contributed by atoms with Crippen LogP contribution in [0.4, 0.5) is 5.69 Å². The summed E-state index contributed by atoms with van der Waals surface area (Å²) in [5.41, 5.74) is 4.66. The van der Waals surface area contributed by atoms with Gasteiger partial charge in [-0.05, 0) is 48.9 Å². The summed E-state index contributed by atoms with van der Waals surface area (Å²) in [4.78, 5) is 28.4. The van der Waals surface area contributed by atoms with Gasteiger partial charge in [-0.1, -0.05) is 36.4 Å². The zero-order chi connectivity index (χ0) is 21.1. The quantitative estimate of drug-likeness (QED) is 0.491. The summed E-state index contributed by atoms with van der Waals surface area (Å²) in [5.74, 6) is -0.342. The normalized spacial score (nSPS) is 10.8. The Morgan fingerprint density at radius 1 is 1.00 bits per heavy atom. The zero-order valence-corrected chi connectivity index (χ0v) is 16.5. The lowest BCUT2D eigenvalue weighted by Crippen LogP contribution is -2.15. The van der Waals surface area contributed by atoms with Crippen LogP contribution in [-0.2, 0) is 11.3 Å². The fourth-order valence-corrected chi connectivity index (χ4v) is 3.41. The summed E-state index contributed by atoms with van der Waals surface area (Å²) in [5, 5.41) is 12.0. The molecule has 0 saturated carbocycles. The number of carbonyl (C=O) groups is 2. The van der Waals surface area contributed by atoms with E-state index in [-0.39, 0.29) is 17.9 Å². The van der Waals surface area contributed by atoms with Gasteiger partial charge in [-0.25, -0.2) is 9.78 Å². The van der Waals surface area contributed by atoms with Crippen molar-refractivity contribution in [3.63, 3.8) is 0 Å². The number of benzene rings is 3. The molecule has 150 valence electrons. The van der Waals surface area contributed by atoms with Gasteiger partial charge in [0.1, 0.15) is 5.82 Å². The lowest BCUT2D eigenvalue weighted by Gasteiger charge is -2.10. The molecule has 4 aromatic rings. The molecule has 0 bridgehead atoms. The minimum absolute atomic E-state index is 0.0812. The topological polar surface area (TPSA) is 84.2 Å². The number of rotatable bonds is 6. The summed E-state index contributed by atoms with van der Waals surface area (Å²) < 4.78 is 2.01. The second kappa shape index (κ2) is 8.21. The van der Waals surface area contributed by atoms with Gasteiger partial charge >= 0.3 is 5.97 Å². The second-order valence-corrected chi connectivity index (χ2v) is 7.13. The molecule has 6 nitrogen and oxygen atoms in total. The lowest BCUT2D eigenvalue weighted by molar-refractivity contribution is -0.116. The first-order chi connectivity index (χ1) is 14.5. The monoisotopic (exact) mass is 399 g/mol. The number of aromatic carboxylic acids is 1. The Balaban J connectivity index is 1.64. The predicted octanol–water partition coefficient (Wildman–Crippen LogP) is 4.74. The minimum Gasteiger partial charge on any atom is -0.478 e. The minimum atomic E-state index is -0.969. The number of carboxylic acid groups (broad SMARTS) is 1. The van der Waals surface area contributed by atoms with E-state index in [1.165, 1.54) is 0 Å². The van der Waals surface area contributed by atoms with E-state index in [0.29, 0.717) is 12.4 Å². The number of para-hydroxylation sites is 1. The molecule has 0 spiro atoms. The number of hydrogen-bond acceptors (Lipinski definition) is 3. The molecule has 2 N–H and O–H groups in total. The fourth-order valence-electron chi connectivity index (χ4n) is 3.41. The summed E-state index contributed by atoms with van der Waals surface area (Å²) >= 11 is 0. The van der Waals surface area contributed by atoms with Crippen molar-refractivity contribution in [3.8, 4) is 11.4 Å². The highest BCUT2D eigenvalue weighted by atomic mass is 16.4. The number of hydrogen-bond donors (Lipinski definition) is 2. The van der Waals surface area contributed by atoms with Crippen LogP contribution < -0.4 is 5.32 Å². The Kier molecular flexibility index (Phi) is 5.30. The standard InChI is InChI=1S/C24H21N3O3/c1-16-7-12-21-20(15-16)26-23(17-8-10-18(11-9-17)24(29)30)27(21)14-13-22(28)25-19-5-3-2-4-6-19/h2-12,15H,13-14H2,1H3,(H,25,28)(H,29,30). The Labute approximate surface area is 173 Å². The summed E-state index contributed by atoms with van der Waals surface area (Å²) in [6, 6.07) is 22.0. The highest BCUT2D eigenvalue weighted by Crippen LogP contribution is 2.26. The highest BCUT2D eigenvalue weighted by molar-refractivity contribution is 5.91. The van der Waals surface area contributed by atoms with E-state index in [4.69, 9.17) is 10.1 Å². The maximum atomic E-state index is 12.5. The van der Waals surface area contributed by atoms with E-state index in [1.807, 2.05) is 60.0 Å². The van der Waals surface area contributed by atoms with Crippen LogP contribution in [0.2, 0.25) is 0 Å². The van der Waals surface area contributed by atoms with Crippen LogP contribution in [0.3, 0.4) is 0 Å². The van der Waals surface area contributed by atoms with Crippen molar-refractivity contribution in [2.24, 2.45) is 0 Å². The molecule has 6 heteroatoms. The number of aryl methyl sites for hydroxylation is 2. The lowest BCUT2D eigenvalue weighted by atomic mass is 10.1. The van der Waals surface area contributed by atoms with Crippen molar-refractivity contribution in [2.75, 3.05) is 5.32 Å². The van der Waals surface area contributed by atoms with Crippen LogP contribution in [-0.4, -0.2) is 26.5 Å². The molecule has 3 aromatic carbocycles. The second-order valence-electron chi connectivity index (χ2n) is 7.13. The van der Waals surface area contributed by atoms with E-state index in [2.05, 4.69) is 5.32 Å². The van der Waals surface area contributed by atoms with Crippen LogP contribution in [0.25, 0.3) is 22.4 Å². The maximum absolute atomic E-state index is 12.5. The highest BCUT2D eigenvalue weighted by Gasteiger charge is 2.15. The third-order valence-electron chi connectivity index (χ3n) is 4.91. The molecular formula is C24H21N3O3. The molecule has 0 aliphatic heterocycles. The number of aromatic nitrogens is 2. The largest absolute Gasteiger partial charge is 0.478 e. The summed E-state index contributed by atoms with van der Waals surface area (Å²) in [6.45, 7) is 2.46. The number of amides is 1. The van der Waals surface area contributed by atoms with Gasteiger partial charge in [-0.15, -0.1) is 0 Å². The predicted molar refractivity (Wildman–Crippen MR) is 117 cm³/mol. The van der Waals surface area contributed by atoms with Gasteiger partial charge in [0.15, 0.2) is 0 Å². The molecule has 0 radical (unpaired) electrons. The van der Waals surface area contributed by atoms with Crippen molar-refractivity contribution in [2.45, 2.75) is 19.9 Å². The third-order valence-corrected chi connectivity index (χ3v) is 4.91. The number of fused-ring (bicyclic) bond motifs is 1. The number of imidazole rings is 1. The number of nitrogens with one attached hydrogen (secondary N) is 1. The smallest absolute Gasteiger partial charge is 0.335 e. The Morgan fingerprint density at radius 2 is 1.73 bits per heavy atom. The zero-order valence-electron chi connectivity index (χ0n) is 16.5. The SMILES string of the molecule is Cc1ccc2c(c1)nc(-c1ccc(C(=O)O)cc1)n2CCC(=O)Nc1ccccc1. The molecular weight excluding hydrogens is 378 g/mol. The average Bonchev–Trinajstić information content (AvgIpc) is 3.10. The van der Waals surface area contributed by atoms with Crippen molar-refractivity contribution < 1.29 is 14.7 Å². The Bertz CT molecular complexity index is 1210. The number of nitrogens with zero attached hydrogens (tertiary/aromatic N) is 2. The van der Waals surface area contributed by atoms with Crippen molar-refractivity contribution in [1.82, 2.24) is 9.55 Å². The van der Waals surface area contributed by atoms with Gasteiger partial charge in [-0.2, -0.15) is 0 Å². The molecule has 1 aromatic heterocycles. The van der Waals surface area contributed by atoms with Crippen LogP contribution >= 0.6 is 0 Å². The first kappa shape index (κ1) is 19.4. The number of anilines is 1. The van der Waals surface area contributed by atoms with Crippen LogP contribution in [0, 0.1) is 6.92 Å². The first-order valence-electron chi connectivity index (χ1n) is 9.67. The van der Waals surface area contributed by atoms with Crippen molar-refractivity contribution in [3.05, 3.63) is 83.9 Å². The molecule has 0 unspecified atom stereocenters.